The summed E-state index contributed by atoms with van der Waals surface area (Å²) in [5.41, 5.74) is 10.2. The maximum Gasteiger partial charge on any atom is 0.264 e. The fourth-order valence-corrected chi connectivity index (χ4v) is 12.7. The van der Waals surface area contributed by atoms with Crippen molar-refractivity contribution in [3.63, 3.8) is 0 Å². The summed E-state index contributed by atoms with van der Waals surface area (Å²) in [6, 6.07) is 43.1. The second-order valence-electron chi connectivity index (χ2n) is 20.3. The molecule has 6 aromatic rings. The van der Waals surface area contributed by atoms with Crippen LogP contribution in [0.4, 0.5) is 17.1 Å². The molecule has 0 aliphatic heterocycles. The summed E-state index contributed by atoms with van der Waals surface area (Å²) in [5.74, 6) is -0.433. The molecule has 0 heterocycles. The first kappa shape index (κ1) is 70.6. The van der Waals surface area contributed by atoms with Crippen molar-refractivity contribution < 1.29 is 40.1 Å². The van der Waals surface area contributed by atoms with Crippen molar-refractivity contribution >= 4 is 90.2 Å². The van der Waals surface area contributed by atoms with E-state index in [-0.39, 0.29) is 25.0 Å². The number of anilines is 3. The Hall–Kier alpha value is -5.84. The van der Waals surface area contributed by atoms with Gasteiger partial charge in [0.1, 0.15) is 0 Å². The number of hydrogen-bond donors (Lipinski definition) is 3. The van der Waals surface area contributed by atoms with E-state index in [0.29, 0.717) is 31.9 Å². The Morgan fingerprint density at radius 2 is 0.893 bits per heavy atom. The molecule has 3 amide bonds. The highest BCUT2D eigenvalue weighted by molar-refractivity contribution is 8.00. The van der Waals surface area contributed by atoms with Crippen LogP contribution < -0.4 is 25.8 Å². The third-order valence-corrected chi connectivity index (χ3v) is 18.1. The van der Waals surface area contributed by atoms with Crippen LogP contribution in [0.25, 0.3) is 0 Å². The van der Waals surface area contributed by atoms with Crippen LogP contribution in [0.3, 0.4) is 0 Å². The third-order valence-electron chi connectivity index (χ3n) is 12.5. The fourth-order valence-electron chi connectivity index (χ4n) is 8.49. The monoisotopic (exact) mass is 1240 g/mol. The van der Waals surface area contributed by atoms with Gasteiger partial charge in [0.25, 0.3) is 10.1 Å². The van der Waals surface area contributed by atoms with Crippen molar-refractivity contribution in [2.45, 2.75) is 111 Å². The highest BCUT2D eigenvalue weighted by Crippen LogP contribution is 2.39. The van der Waals surface area contributed by atoms with E-state index in [0.717, 1.165) is 88.0 Å². The zero-order valence-electron chi connectivity index (χ0n) is 50.9. The van der Waals surface area contributed by atoms with Crippen LogP contribution in [0, 0.1) is 41.5 Å². The number of aryl methyl sites for hydroxylation is 6. The van der Waals surface area contributed by atoms with Gasteiger partial charge in [-0.15, -0.1) is 0 Å². The highest BCUT2D eigenvalue weighted by Gasteiger charge is 2.22. The topological polar surface area (TPSA) is 184 Å². The summed E-state index contributed by atoms with van der Waals surface area (Å²) in [4.78, 5) is 48.2. The number of rotatable bonds is 29. The summed E-state index contributed by atoms with van der Waals surface area (Å²) in [6.07, 6.45) is 4.76. The number of amides is 3. The van der Waals surface area contributed by atoms with Gasteiger partial charge in [-0.25, -0.2) is 8.42 Å². The molecule has 0 bridgehead atoms. The van der Waals surface area contributed by atoms with Crippen LogP contribution >= 0.6 is 35.3 Å². The first-order valence-electron chi connectivity index (χ1n) is 28.1. The Balaban J connectivity index is 0.000000272. The van der Waals surface area contributed by atoms with Crippen LogP contribution in [0.1, 0.15) is 73.4 Å². The van der Waals surface area contributed by atoms with Gasteiger partial charge in [0.05, 0.1) is 62.4 Å². The molecule has 0 unspecified atom stereocenters. The molecule has 0 spiro atoms. The minimum atomic E-state index is -3.75. The number of ether oxygens (including phenoxy) is 1. The van der Waals surface area contributed by atoms with E-state index in [1.807, 2.05) is 50.2 Å². The first-order valence-corrected chi connectivity index (χ1v) is 34.2. The lowest BCUT2D eigenvalue weighted by Crippen LogP contribution is -2.39. The van der Waals surface area contributed by atoms with Crippen molar-refractivity contribution in [3.05, 3.63) is 161 Å². The molecule has 3 N–H and O–H groups in total. The van der Waals surface area contributed by atoms with E-state index in [1.165, 1.54) is 53.6 Å². The molecule has 20 heteroatoms. The van der Waals surface area contributed by atoms with Gasteiger partial charge >= 0.3 is 0 Å². The number of hydrogen-bond acceptors (Lipinski definition) is 14. The number of sulfonamides is 1. The molecule has 84 heavy (non-hydrogen) atoms. The van der Waals surface area contributed by atoms with Crippen LogP contribution in [-0.4, -0.2) is 124 Å². The number of nitrogens with zero attached hydrogens (tertiary/aromatic N) is 3. The summed E-state index contributed by atoms with van der Waals surface area (Å²) in [5, 5.41) is 8.65. The number of carbonyl (C=O) groups excluding carboxylic acids is 3. The average molecular weight is 1240 g/mol. The summed E-state index contributed by atoms with van der Waals surface area (Å²) < 4.78 is 56.6. The molecule has 0 saturated carbocycles. The van der Waals surface area contributed by atoms with Gasteiger partial charge in [-0.3, -0.25) is 18.6 Å². The summed E-state index contributed by atoms with van der Waals surface area (Å²) >= 11 is 5.03. The average Bonchev–Trinajstić information content (AvgIpc) is 3.55. The van der Waals surface area contributed by atoms with Gasteiger partial charge in [-0.2, -0.15) is 12.7 Å². The van der Waals surface area contributed by atoms with Gasteiger partial charge < -0.3 is 30.5 Å². The second kappa shape index (κ2) is 36.2. The maximum absolute atomic E-state index is 12.6. The molecule has 0 aliphatic carbocycles. The maximum atomic E-state index is 12.6. The molecule has 456 valence electrons. The molecular formula is C64H86N6O9S5. The van der Waals surface area contributed by atoms with Crippen molar-refractivity contribution in [2.24, 2.45) is 0 Å². The van der Waals surface area contributed by atoms with Crippen molar-refractivity contribution in [2.75, 3.05) is 100 Å². The first-order chi connectivity index (χ1) is 39.9. The molecule has 0 fully saturated rings. The molecule has 0 radical (unpaired) electrons. The molecule has 6 rings (SSSR count). The largest absolute Gasteiger partial charge is 0.383 e. The van der Waals surface area contributed by atoms with Gasteiger partial charge in [-0.1, -0.05) is 146 Å². The van der Waals surface area contributed by atoms with Crippen molar-refractivity contribution in [1.82, 2.24) is 14.9 Å². The normalized spacial score (nSPS) is 11.2. The van der Waals surface area contributed by atoms with Crippen molar-refractivity contribution in [3.8, 4) is 0 Å². The van der Waals surface area contributed by atoms with Crippen LogP contribution in [0.5, 0.6) is 0 Å². The third kappa shape index (κ3) is 25.4. The van der Waals surface area contributed by atoms with E-state index in [4.69, 9.17) is 4.74 Å². The zero-order chi connectivity index (χ0) is 61.8. The molecular weight excluding hydrogens is 1160 g/mol. The Morgan fingerprint density at radius 1 is 0.476 bits per heavy atom. The molecule has 0 saturated heterocycles. The quantitative estimate of drug-likeness (QED) is 0.0298. The second-order valence-corrected chi connectivity index (χ2v) is 27.1. The fraction of sp³-hybridized carbons (Fsp3) is 0.391. The number of carbonyl (C=O) groups is 3. The minimum Gasteiger partial charge on any atom is -0.383 e. The number of para-hydroxylation sites is 3. The predicted octanol–water partition coefficient (Wildman–Crippen LogP) is 12.3. The van der Waals surface area contributed by atoms with Gasteiger partial charge in [0.2, 0.25) is 27.7 Å². The minimum absolute atomic E-state index is 0.0202. The zero-order valence-corrected chi connectivity index (χ0v) is 55.0. The van der Waals surface area contributed by atoms with Crippen LogP contribution in [0.2, 0.25) is 0 Å². The smallest absolute Gasteiger partial charge is 0.264 e. The number of nitrogens with one attached hydrogen (secondary N) is 3. The van der Waals surface area contributed by atoms with E-state index >= 15 is 0 Å². The molecule has 6 aromatic carbocycles. The van der Waals surface area contributed by atoms with Crippen molar-refractivity contribution in [1.29, 1.82) is 0 Å². The summed E-state index contributed by atoms with van der Waals surface area (Å²) in [7, 11) is -5.82. The van der Waals surface area contributed by atoms with Gasteiger partial charge in [0.15, 0.2) is 0 Å². The predicted molar refractivity (Wildman–Crippen MR) is 348 cm³/mol. The SMILES string of the molecule is CCCN(CC(=O)NCCOC)c1ccccc1Sc1ccc(C)cc1C.CCCNC(=O)CN(CCC)c1ccccc1Sc1ccc(C)cc1C.Cc1ccc(Sc2ccccc2NC(=O)CN(CCOS(C)(=O)=O)S(C)(=O)=O)c(C)c1. The Morgan fingerprint density at radius 3 is 1.30 bits per heavy atom. The number of benzene rings is 6. The molecule has 15 nitrogen and oxygen atoms in total. The lowest BCUT2D eigenvalue weighted by atomic mass is 10.2. The Kier molecular flexibility index (Phi) is 30.5. The standard InChI is InChI=1S/C22H30N2O2S.C22H30N2OS.C20H26N2O6S3/c1-5-13-24(16-22(25)23-12-14-26-4)19-8-6-7-9-21(19)27-20-11-10-17(2)15-18(20)3;1-5-13-23-22(25)16-24(14-6-2)19-9-7-8-10-21(19)26-20-12-11-17(3)15-18(20)4;1-15-9-10-18(16(2)13-15)29-19-8-6-5-7-17(19)21-20(23)14-22(30(3,24)25)11-12-28-31(4,26)27/h6-11,15H,5,12-14,16H2,1-4H3,(H,23,25);7-12,15H,5-6,13-14,16H2,1-4H3,(H,23,25);5-10,13H,11-12,14H2,1-4H3,(H,21,23). The van der Waals surface area contributed by atoms with E-state index in [9.17, 15) is 31.2 Å². The van der Waals surface area contributed by atoms with Gasteiger partial charge in [0, 0.05) is 69.2 Å². The van der Waals surface area contributed by atoms with E-state index < -0.39 is 32.6 Å². The van der Waals surface area contributed by atoms with Gasteiger partial charge in [-0.05, 0) is 132 Å². The van der Waals surface area contributed by atoms with E-state index in [2.05, 4.69) is 157 Å². The molecule has 0 aromatic heterocycles. The summed E-state index contributed by atoms with van der Waals surface area (Å²) in [6.45, 7) is 22.1. The lowest BCUT2D eigenvalue weighted by molar-refractivity contribution is -0.120. The van der Waals surface area contributed by atoms with Crippen LogP contribution in [0.15, 0.2) is 157 Å². The Labute approximate surface area is 514 Å². The Bertz CT molecular complexity index is 3310. The van der Waals surface area contributed by atoms with E-state index in [1.54, 1.807) is 42.8 Å². The molecule has 0 atom stereocenters. The highest BCUT2D eigenvalue weighted by atomic mass is 32.2. The lowest BCUT2D eigenvalue weighted by Gasteiger charge is -2.26. The van der Waals surface area contributed by atoms with Crippen LogP contribution in [-0.2, 0) is 43.4 Å². The number of methoxy groups -OCH3 is 1. The molecule has 0 aliphatic rings.